The summed E-state index contributed by atoms with van der Waals surface area (Å²) in [6, 6.07) is 46.8. The number of hydrogen-bond donors (Lipinski definition) is 1. The molecule has 8 rings (SSSR count). The molecule has 1 atom stereocenters. The second-order valence-electron chi connectivity index (χ2n) is 11.2. The molecule has 1 unspecified atom stereocenters. The maximum absolute atomic E-state index is 6.38. The molecule has 0 saturated heterocycles. The summed E-state index contributed by atoms with van der Waals surface area (Å²) >= 11 is 0. The fourth-order valence-electron chi connectivity index (χ4n) is 6.19. The minimum Gasteiger partial charge on any atom is -0.460 e. The standard InChI is InChI=1S/C40H30N2O/c1-4-11-27(12-5-1)30-17-10-18-31(23-30)32-19-21-38-34(24-32)35-25-33(20-22-39(35)43-38)37-26-36(28-13-6-2-7-14-28)41-40(42-37)29-15-8-3-9-16-29/h1-18,20,22-26,40,42H,19,21H2. The highest BCUT2D eigenvalue weighted by Gasteiger charge is 2.23. The van der Waals surface area contributed by atoms with Crippen LogP contribution in [0.3, 0.4) is 0 Å². The molecular weight excluding hydrogens is 524 g/mol. The predicted octanol–water partition coefficient (Wildman–Crippen LogP) is 9.72. The first-order valence-corrected chi connectivity index (χ1v) is 14.9. The molecule has 0 saturated carbocycles. The lowest BCUT2D eigenvalue weighted by Crippen LogP contribution is -2.24. The molecule has 3 heteroatoms. The van der Waals surface area contributed by atoms with Gasteiger partial charge in [0.05, 0.1) is 5.71 Å². The summed E-state index contributed by atoms with van der Waals surface area (Å²) in [5.74, 6) is 1.06. The number of fused-ring (bicyclic) bond motifs is 3. The van der Waals surface area contributed by atoms with E-state index >= 15 is 0 Å². The van der Waals surface area contributed by atoms with E-state index in [1.807, 2.05) is 12.1 Å². The number of rotatable bonds is 5. The molecule has 0 spiro atoms. The third kappa shape index (κ3) is 4.89. The molecule has 5 aromatic carbocycles. The zero-order valence-corrected chi connectivity index (χ0v) is 23.7. The van der Waals surface area contributed by atoms with Crippen molar-refractivity contribution in [2.45, 2.75) is 19.0 Å². The number of nitrogens with one attached hydrogen (secondary N) is 1. The van der Waals surface area contributed by atoms with Crippen LogP contribution in [0.5, 0.6) is 0 Å². The maximum atomic E-state index is 6.38. The van der Waals surface area contributed by atoms with Crippen LogP contribution in [0.25, 0.3) is 39.4 Å². The molecule has 0 fully saturated rings. The van der Waals surface area contributed by atoms with Gasteiger partial charge >= 0.3 is 0 Å². The van der Waals surface area contributed by atoms with Crippen LogP contribution in [-0.4, -0.2) is 5.71 Å². The topological polar surface area (TPSA) is 37.5 Å². The first kappa shape index (κ1) is 25.3. The lowest BCUT2D eigenvalue weighted by molar-refractivity contribution is 0.548. The summed E-state index contributed by atoms with van der Waals surface area (Å²) in [7, 11) is 0. The van der Waals surface area contributed by atoms with Crippen LogP contribution in [0, 0.1) is 0 Å². The molecule has 1 aliphatic heterocycles. The van der Waals surface area contributed by atoms with E-state index in [1.54, 1.807) is 0 Å². The highest BCUT2D eigenvalue weighted by molar-refractivity contribution is 6.13. The van der Waals surface area contributed by atoms with E-state index in [2.05, 4.69) is 139 Å². The van der Waals surface area contributed by atoms with Crippen molar-refractivity contribution in [1.29, 1.82) is 0 Å². The molecule has 206 valence electrons. The van der Waals surface area contributed by atoms with Crippen molar-refractivity contribution in [1.82, 2.24) is 5.32 Å². The molecule has 6 aromatic rings. The van der Waals surface area contributed by atoms with Gasteiger partial charge in [0.25, 0.3) is 0 Å². The number of hydrogen-bond acceptors (Lipinski definition) is 3. The Morgan fingerprint density at radius 3 is 2.07 bits per heavy atom. The summed E-state index contributed by atoms with van der Waals surface area (Å²) in [5, 5.41) is 4.85. The van der Waals surface area contributed by atoms with Crippen molar-refractivity contribution < 1.29 is 4.42 Å². The minimum atomic E-state index is -0.172. The van der Waals surface area contributed by atoms with Crippen molar-refractivity contribution in [2.75, 3.05) is 0 Å². The average Bonchev–Trinajstić information content (AvgIpc) is 3.46. The van der Waals surface area contributed by atoms with E-state index in [9.17, 15) is 0 Å². The second-order valence-corrected chi connectivity index (χ2v) is 11.2. The summed E-state index contributed by atoms with van der Waals surface area (Å²) in [6.07, 6.45) is 6.18. The molecule has 2 heterocycles. The van der Waals surface area contributed by atoms with Crippen LogP contribution < -0.4 is 5.32 Å². The Morgan fingerprint density at radius 1 is 0.581 bits per heavy atom. The number of furan rings is 1. The zero-order valence-electron chi connectivity index (χ0n) is 23.7. The second kappa shape index (κ2) is 10.8. The highest BCUT2D eigenvalue weighted by Crippen LogP contribution is 2.39. The van der Waals surface area contributed by atoms with E-state index < -0.39 is 0 Å². The number of aliphatic imine (C=N–C) groups is 1. The van der Waals surface area contributed by atoms with Gasteiger partial charge in [-0.1, -0.05) is 109 Å². The van der Waals surface area contributed by atoms with Gasteiger partial charge < -0.3 is 9.73 Å². The Labute approximate surface area is 251 Å². The third-order valence-electron chi connectivity index (χ3n) is 8.42. The van der Waals surface area contributed by atoms with E-state index in [1.165, 1.54) is 27.8 Å². The monoisotopic (exact) mass is 554 g/mol. The summed E-state index contributed by atoms with van der Waals surface area (Å²) in [4.78, 5) is 5.09. The summed E-state index contributed by atoms with van der Waals surface area (Å²) in [5.41, 5.74) is 12.6. The van der Waals surface area contributed by atoms with Crippen molar-refractivity contribution in [3.63, 3.8) is 0 Å². The van der Waals surface area contributed by atoms with Crippen LogP contribution in [0.15, 0.2) is 149 Å². The molecule has 0 radical (unpaired) electrons. The van der Waals surface area contributed by atoms with E-state index in [0.29, 0.717) is 0 Å². The first-order valence-electron chi connectivity index (χ1n) is 14.9. The van der Waals surface area contributed by atoms with Crippen LogP contribution in [0.2, 0.25) is 0 Å². The maximum Gasteiger partial charge on any atom is 0.145 e. The van der Waals surface area contributed by atoms with Gasteiger partial charge in [-0.15, -0.1) is 0 Å². The molecule has 0 bridgehead atoms. The quantitative estimate of drug-likeness (QED) is 0.230. The molecule has 3 nitrogen and oxygen atoms in total. The molecule has 0 amide bonds. The normalized spacial score (nSPS) is 16.1. The highest BCUT2D eigenvalue weighted by atomic mass is 16.3. The minimum absolute atomic E-state index is 0.172. The number of nitrogens with zero attached hydrogens (tertiary/aromatic N) is 1. The van der Waals surface area contributed by atoms with E-state index in [-0.39, 0.29) is 6.17 Å². The number of aryl methyl sites for hydroxylation is 1. The van der Waals surface area contributed by atoms with E-state index in [4.69, 9.17) is 9.41 Å². The summed E-state index contributed by atoms with van der Waals surface area (Å²) in [6.45, 7) is 0. The smallest absolute Gasteiger partial charge is 0.145 e. The molecule has 1 aromatic heterocycles. The van der Waals surface area contributed by atoms with Gasteiger partial charge in [-0.25, -0.2) is 0 Å². The fraction of sp³-hybridized carbons (Fsp3) is 0.0750. The van der Waals surface area contributed by atoms with Gasteiger partial charge in [-0.3, -0.25) is 4.99 Å². The summed E-state index contributed by atoms with van der Waals surface area (Å²) < 4.78 is 6.38. The molecule has 1 N–H and O–H groups in total. The molecule has 1 aliphatic carbocycles. The SMILES string of the molecule is C1=C(c2cccc(-c3ccccc3)c2)CCc2oc3ccc(C4=CC(c5ccccc5)=NC(c5ccccc5)N4)cc3c21. The number of benzene rings is 5. The molecule has 2 aliphatic rings. The first-order chi connectivity index (χ1) is 21.3. The van der Waals surface area contributed by atoms with Gasteiger partial charge in [0, 0.05) is 23.1 Å². The lowest BCUT2D eigenvalue weighted by atomic mass is 9.90. The fourth-order valence-corrected chi connectivity index (χ4v) is 6.19. The van der Waals surface area contributed by atoms with Gasteiger partial charge in [0.1, 0.15) is 17.5 Å². The Balaban J connectivity index is 1.19. The van der Waals surface area contributed by atoms with Gasteiger partial charge in [0.2, 0.25) is 0 Å². The zero-order chi connectivity index (χ0) is 28.6. The van der Waals surface area contributed by atoms with Crippen LogP contribution in [0.1, 0.15) is 46.2 Å². The Kier molecular flexibility index (Phi) is 6.34. The van der Waals surface area contributed by atoms with Crippen molar-refractivity contribution in [3.8, 4) is 11.1 Å². The van der Waals surface area contributed by atoms with Crippen molar-refractivity contribution in [3.05, 3.63) is 173 Å². The van der Waals surface area contributed by atoms with Crippen LogP contribution in [-0.2, 0) is 6.42 Å². The van der Waals surface area contributed by atoms with Crippen molar-refractivity contribution >= 4 is 34.0 Å². The van der Waals surface area contributed by atoms with E-state index in [0.717, 1.165) is 57.7 Å². The predicted molar refractivity (Wildman–Crippen MR) is 178 cm³/mol. The van der Waals surface area contributed by atoms with Crippen LogP contribution >= 0.6 is 0 Å². The Hall–Kier alpha value is -5.41. The largest absolute Gasteiger partial charge is 0.460 e. The Morgan fingerprint density at radius 2 is 1.28 bits per heavy atom. The lowest BCUT2D eigenvalue weighted by Gasteiger charge is -2.25. The Bertz CT molecular complexity index is 2030. The van der Waals surface area contributed by atoms with Crippen LogP contribution in [0.4, 0.5) is 0 Å². The number of allylic oxidation sites excluding steroid dienone is 2. The third-order valence-corrected chi connectivity index (χ3v) is 8.42. The molecular formula is C40H30N2O. The van der Waals surface area contributed by atoms with Gasteiger partial charge in [-0.05, 0) is 81.8 Å². The van der Waals surface area contributed by atoms with Crippen molar-refractivity contribution in [2.24, 2.45) is 4.99 Å². The molecule has 43 heavy (non-hydrogen) atoms. The van der Waals surface area contributed by atoms with Gasteiger partial charge in [0.15, 0.2) is 0 Å². The average molecular weight is 555 g/mol. The van der Waals surface area contributed by atoms with Gasteiger partial charge in [-0.2, -0.15) is 0 Å².